The molecule has 0 saturated heterocycles. The molecule has 0 bridgehead atoms. The highest BCUT2D eigenvalue weighted by Gasteiger charge is 2.17. The fraction of sp³-hybridized carbons (Fsp3) is 0.750. The summed E-state index contributed by atoms with van der Waals surface area (Å²) in [5.74, 6) is 0.554. The number of nitrogens with zero attached hydrogens (tertiary/aromatic N) is 1. The van der Waals surface area contributed by atoms with Crippen LogP contribution in [0.25, 0.3) is 0 Å². The predicted molar refractivity (Wildman–Crippen MR) is 70.4 cm³/mol. The SMILES string of the molecule is CC(C)(C)CC(CN)CNCc1cscn1. The summed E-state index contributed by atoms with van der Waals surface area (Å²) < 4.78 is 0. The highest BCUT2D eigenvalue weighted by molar-refractivity contribution is 7.07. The molecular weight excluding hydrogens is 218 g/mol. The maximum atomic E-state index is 5.79. The third-order valence-corrected chi connectivity index (χ3v) is 3.09. The fourth-order valence-corrected chi connectivity index (χ4v) is 2.39. The van der Waals surface area contributed by atoms with Crippen LogP contribution in [0.1, 0.15) is 32.9 Å². The Hall–Kier alpha value is -0.450. The smallest absolute Gasteiger partial charge is 0.0795 e. The van der Waals surface area contributed by atoms with Crippen LogP contribution in [0.3, 0.4) is 0 Å². The van der Waals surface area contributed by atoms with Gasteiger partial charge in [0.25, 0.3) is 0 Å². The number of aromatic nitrogens is 1. The lowest BCUT2D eigenvalue weighted by Gasteiger charge is -2.25. The summed E-state index contributed by atoms with van der Waals surface area (Å²) in [6, 6.07) is 0. The molecule has 1 aromatic rings. The van der Waals surface area contributed by atoms with E-state index in [1.807, 2.05) is 5.51 Å². The quantitative estimate of drug-likeness (QED) is 0.803. The van der Waals surface area contributed by atoms with Gasteiger partial charge in [-0.15, -0.1) is 11.3 Å². The molecule has 4 heteroatoms. The van der Waals surface area contributed by atoms with E-state index >= 15 is 0 Å². The summed E-state index contributed by atoms with van der Waals surface area (Å²) in [7, 11) is 0. The number of hydrogen-bond donors (Lipinski definition) is 2. The van der Waals surface area contributed by atoms with E-state index in [0.29, 0.717) is 11.3 Å². The topological polar surface area (TPSA) is 50.9 Å². The molecule has 0 radical (unpaired) electrons. The Bertz CT molecular complexity index is 277. The molecule has 1 heterocycles. The van der Waals surface area contributed by atoms with E-state index < -0.39 is 0 Å². The molecule has 16 heavy (non-hydrogen) atoms. The zero-order chi connectivity index (χ0) is 12.0. The zero-order valence-corrected chi connectivity index (χ0v) is 11.3. The molecule has 0 aromatic carbocycles. The lowest BCUT2D eigenvalue weighted by molar-refractivity contribution is 0.289. The molecule has 92 valence electrons. The third kappa shape index (κ3) is 5.58. The Labute approximate surface area is 102 Å². The van der Waals surface area contributed by atoms with Gasteiger partial charge in [-0.3, -0.25) is 0 Å². The molecule has 1 atom stereocenters. The minimum absolute atomic E-state index is 0.354. The first kappa shape index (κ1) is 13.6. The highest BCUT2D eigenvalue weighted by Crippen LogP contribution is 2.23. The van der Waals surface area contributed by atoms with E-state index in [0.717, 1.165) is 31.7 Å². The van der Waals surface area contributed by atoms with Crippen molar-refractivity contribution in [3.05, 3.63) is 16.6 Å². The molecule has 1 unspecified atom stereocenters. The van der Waals surface area contributed by atoms with Gasteiger partial charge in [-0.1, -0.05) is 20.8 Å². The van der Waals surface area contributed by atoms with Gasteiger partial charge in [0.2, 0.25) is 0 Å². The summed E-state index contributed by atoms with van der Waals surface area (Å²) in [5.41, 5.74) is 9.13. The van der Waals surface area contributed by atoms with E-state index in [2.05, 4.69) is 36.5 Å². The average Bonchev–Trinajstić information content (AvgIpc) is 2.67. The Morgan fingerprint density at radius 3 is 2.75 bits per heavy atom. The van der Waals surface area contributed by atoms with E-state index in [1.165, 1.54) is 0 Å². The maximum Gasteiger partial charge on any atom is 0.0795 e. The Morgan fingerprint density at radius 1 is 1.50 bits per heavy atom. The molecule has 0 aliphatic carbocycles. The van der Waals surface area contributed by atoms with Gasteiger partial charge in [0, 0.05) is 11.9 Å². The molecule has 3 nitrogen and oxygen atoms in total. The fourth-order valence-electron chi connectivity index (χ4n) is 1.83. The largest absolute Gasteiger partial charge is 0.330 e. The van der Waals surface area contributed by atoms with Crippen LogP contribution in [0.5, 0.6) is 0 Å². The van der Waals surface area contributed by atoms with Gasteiger partial charge in [0.05, 0.1) is 11.2 Å². The van der Waals surface area contributed by atoms with Crippen molar-refractivity contribution in [1.29, 1.82) is 0 Å². The van der Waals surface area contributed by atoms with Crippen LogP contribution < -0.4 is 11.1 Å². The first-order valence-corrected chi connectivity index (χ1v) is 6.73. The second kappa shape index (κ2) is 6.33. The van der Waals surface area contributed by atoms with Gasteiger partial charge in [-0.05, 0) is 30.8 Å². The summed E-state index contributed by atoms with van der Waals surface area (Å²) in [6.45, 7) is 9.36. The lowest BCUT2D eigenvalue weighted by atomic mass is 9.84. The van der Waals surface area contributed by atoms with Gasteiger partial charge in [0.15, 0.2) is 0 Å². The van der Waals surface area contributed by atoms with Crippen LogP contribution in [-0.4, -0.2) is 18.1 Å². The highest BCUT2D eigenvalue weighted by atomic mass is 32.1. The summed E-state index contributed by atoms with van der Waals surface area (Å²) in [5, 5.41) is 5.50. The summed E-state index contributed by atoms with van der Waals surface area (Å²) >= 11 is 1.64. The van der Waals surface area contributed by atoms with Gasteiger partial charge in [-0.2, -0.15) is 0 Å². The van der Waals surface area contributed by atoms with Crippen molar-refractivity contribution in [2.75, 3.05) is 13.1 Å². The van der Waals surface area contributed by atoms with Gasteiger partial charge in [-0.25, -0.2) is 4.98 Å². The summed E-state index contributed by atoms with van der Waals surface area (Å²) in [4.78, 5) is 4.24. The second-order valence-electron chi connectivity index (χ2n) is 5.48. The number of rotatable bonds is 6. The van der Waals surface area contributed by atoms with Gasteiger partial charge < -0.3 is 11.1 Å². The van der Waals surface area contributed by atoms with Crippen LogP contribution in [0.4, 0.5) is 0 Å². The standard InChI is InChI=1S/C12H23N3S/c1-12(2,3)4-10(5-13)6-14-7-11-8-16-9-15-11/h8-10,14H,4-7,13H2,1-3H3. The second-order valence-corrected chi connectivity index (χ2v) is 6.20. The van der Waals surface area contributed by atoms with Gasteiger partial charge >= 0.3 is 0 Å². The van der Waals surface area contributed by atoms with Crippen LogP contribution in [0, 0.1) is 11.3 Å². The lowest BCUT2D eigenvalue weighted by Crippen LogP contribution is -2.31. The molecule has 1 aromatic heterocycles. The van der Waals surface area contributed by atoms with Crippen molar-refractivity contribution in [2.24, 2.45) is 17.1 Å². The van der Waals surface area contributed by atoms with Crippen molar-refractivity contribution < 1.29 is 0 Å². The maximum absolute atomic E-state index is 5.79. The van der Waals surface area contributed by atoms with Crippen LogP contribution in [0.15, 0.2) is 10.9 Å². The molecular formula is C12H23N3S. The number of nitrogens with two attached hydrogens (primary N) is 1. The van der Waals surface area contributed by atoms with Crippen LogP contribution in [0.2, 0.25) is 0 Å². The molecule has 3 N–H and O–H groups in total. The van der Waals surface area contributed by atoms with E-state index in [1.54, 1.807) is 11.3 Å². The Morgan fingerprint density at radius 2 is 2.25 bits per heavy atom. The normalized spacial score (nSPS) is 14.0. The summed E-state index contributed by atoms with van der Waals surface area (Å²) in [6.07, 6.45) is 1.16. The molecule has 0 fully saturated rings. The van der Waals surface area contributed by atoms with E-state index in [4.69, 9.17) is 5.73 Å². The van der Waals surface area contributed by atoms with Crippen molar-refractivity contribution in [3.8, 4) is 0 Å². The van der Waals surface area contributed by atoms with Crippen molar-refractivity contribution in [1.82, 2.24) is 10.3 Å². The van der Waals surface area contributed by atoms with Gasteiger partial charge in [0.1, 0.15) is 0 Å². The van der Waals surface area contributed by atoms with Crippen molar-refractivity contribution in [2.45, 2.75) is 33.7 Å². The predicted octanol–water partition coefficient (Wildman–Crippen LogP) is 2.24. The van der Waals surface area contributed by atoms with E-state index in [-0.39, 0.29) is 0 Å². The van der Waals surface area contributed by atoms with Crippen LogP contribution >= 0.6 is 11.3 Å². The first-order valence-electron chi connectivity index (χ1n) is 5.79. The van der Waals surface area contributed by atoms with Crippen molar-refractivity contribution in [3.63, 3.8) is 0 Å². The molecule has 0 saturated carbocycles. The van der Waals surface area contributed by atoms with Crippen LogP contribution in [-0.2, 0) is 6.54 Å². The molecule has 0 amide bonds. The Balaban J connectivity index is 2.24. The first-order chi connectivity index (χ1) is 7.51. The minimum atomic E-state index is 0.354. The van der Waals surface area contributed by atoms with Crippen molar-refractivity contribution >= 4 is 11.3 Å². The monoisotopic (exact) mass is 241 g/mol. The average molecular weight is 241 g/mol. The number of hydrogen-bond acceptors (Lipinski definition) is 4. The minimum Gasteiger partial charge on any atom is -0.330 e. The molecule has 0 aliphatic heterocycles. The zero-order valence-electron chi connectivity index (χ0n) is 10.5. The third-order valence-electron chi connectivity index (χ3n) is 2.46. The molecule has 0 spiro atoms. The molecule has 1 rings (SSSR count). The number of nitrogens with one attached hydrogen (secondary N) is 1. The van der Waals surface area contributed by atoms with E-state index in [9.17, 15) is 0 Å². The molecule has 0 aliphatic rings. The Kier molecular flexibility index (Phi) is 5.38. The number of thiazole rings is 1.